The molecule has 6 heteroatoms. The molecule has 0 bridgehead atoms. The lowest BCUT2D eigenvalue weighted by atomic mass is 10.0. The minimum absolute atomic E-state index is 0.491. The summed E-state index contributed by atoms with van der Waals surface area (Å²) in [6.07, 6.45) is 1.71. The fraction of sp³-hybridized carbons (Fsp3) is 0.0870. The molecule has 2 heterocycles. The van der Waals surface area contributed by atoms with Gasteiger partial charge in [-0.05, 0) is 95.4 Å². The van der Waals surface area contributed by atoms with Gasteiger partial charge < -0.3 is 10.6 Å². The Balaban J connectivity index is 1.55. The Morgan fingerprint density at radius 2 is 1.69 bits per heavy atom. The van der Waals surface area contributed by atoms with Crippen LogP contribution < -0.4 is 10.6 Å². The zero-order chi connectivity index (χ0) is 20.2. The number of hydrogen-bond acceptors (Lipinski definition) is 6. The first-order valence-corrected chi connectivity index (χ1v) is 10.1. The molecule has 142 valence electrons. The monoisotopic (exact) mass is 397 g/mol. The highest BCUT2D eigenvalue weighted by molar-refractivity contribution is 7.08. The van der Waals surface area contributed by atoms with E-state index in [1.165, 1.54) is 11.1 Å². The second-order valence-electron chi connectivity index (χ2n) is 6.70. The Bertz CT molecular complexity index is 1150. The molecule has 4 rings (SSSR count). The van der Waals surface area contributed by atoms with Crippen molar-refractivity contribution in [1.82, 2.24) is 9.97 Å². The number of aromatic nitrogens is 2. The third kappa shape index (κ3) is 4.26. The Morgan fingerprint density at radius 1 is 0.931 bits per heavy atom. The zero-order valence-electron chi connectivity index (χ0n) is 16.1. The summed E-state index contributed by atoms with van der Waals surface area (Å²) in [5.41, 5.74) is 7.27. The first-order chi connectivity index (χ1) is 14.1. The molecule has 0 fully saturated rings. The van der Waals surface area contributed by atoms with Crippen LogP contribution in [0, 0.1) is 25.2 Å². The maximum atomic E-state index is 8.91. The van der Waals surface area contributed by atoms with Crippen LogP contribution >= 0.6 is 11.3 Å². The quantitative estimate of drug-likeness (QED) is 0.420. The van der Waals surface area contributed by atoms with Crippen molar-refractivity contribution in [2.24, 2.45) is 0 Å². The zero-order valence-corrected chi connectivity index (χ0v) is 16.9. The van der Waals surface area contributed by atoms with Crippen LogP contribution in [0.25, 0.3) is 11.1 Å². The Morgan fingerprint density at radius 3 is 2.34 bits per heavy atom. The molecular formula is C23H19N5S. The van der Waals surface area contributed by atoms with E-state index in [2.05, 4.69) is 69.5 Å². The number of benzene rings is 2. The van der Waals surface area contributed by atoms with E-state index in [1.807, 2.05) is 18.2 Å². The second-order valence-corrected chi connectivity index (χ2v) is 7.48. The smallest absolute Gasteiger partial charge is 0.229 e. The minimum Gasteiger partial charge on any atom is -0.340 e. The van der Waals surface area contributed by atoms with Crippen LogP contribution in [0.5, 0.6) is 0 Å². The van der Waals surface area contributed by atoms with E-state index in [9.17, 15) is 0 Å². The summed E-state index contributed by atoms with van der Waals surface area (Å²) in [4.78, 5) is 8.85. The molecule has 4 aromatic rings. The van der Waals surface area contributed by atoms with Crippen molar-refractivity contribution in [1.29, 1.82) is 5.26 Å². The van der Waals surface area contributed by atoms with Crippen LogP contribution in [0.3, 0.4) is 0 Å². The van der Waals surface area contributed by atoms with Crippen molar-refractivity contribution in [2.45, 2.75) is 13.8 Å². The van der Waals surface area contributed by atoms with Crippen molar-refractivity contribution in [3.8, 4) is 17.2 Å². The van der Waals surface area contributed by atoms with Crippen molar-refractivity contribution < 1.29 is 0 Å². The van der Waals surface area contributed by atoms with Crippen LogP contribution in [0.15, 0.2) is 65.5 Å². The van der Waals surface area contributed by atoms with Gasteiger partial charge in [0, 0.05) is 17.6 Å². The van der Waals surface area contributed by atoms with Crippen LogP contribution in [-0.2, 0) is 0 Å². The van der Waals surface area contributed by atoms with E-state index in [1.54, 1.807) is 29.7 Å². The fourth-order valence-corrected chi connectivity index (χ4v) is 3.79. The molecule has 0 unspecified atom stereocenters. The van der Waals surface area contributed by atoms with Gasteiger partial charge in [-0.15, -0.1) is 0 Å². The summed E-state index contributed by atoms with van der Waals surface area (Å²) in [7, 11) is 0. The Hall–Kier alpha value is -3.69. The van der Waals surface area contributed by atoms with Gasteiger partial charge in [0.25, 0.3) is 0 Å². The van der Waals surface area contributed by atoms with Gasteiger partial charge in [-0.25, -0.2) is 4.98 Å². The fourth-order valence-electron chi connectivity index (χ4n) is 3.13. The molecule has 0 amide bonds. The summed E-state index contributed by atoms with van der Waals surface area (Å²) in [5.74, 6) is 1.20. The van der Waals surface area contributed by atoms with Gasteiger partial charge in [-0.3, -0.25) is 0 Å². The number of nitrogens with zero attached hydrogens (tertiary/aromatic N) is 3. The van der Waals surface area contributed by atoms with E-state index >= 15 is 0 Å². The van der Waals surface area contributed by atoms with Gasteiger partial charge >= 0.3 is 0 Å². The number of nitriles is 1. The molecule has 2 aromatic heterocycles. The SMILES string of the molecule is Cc1cc(-c2ccsc2)cc(C)c1Nc1ccnc(Nc2ccc(C#N)cc2)n1. The van der Waals surface area contributed by atoms with E-state index < -0.39 is 0 Å². The number of rotatable bonds is 5. The van der Waals surface area contributed by atoms with Crippen LogP contribution in [0.4, 0.5) is 23.1 Å². The Kier molecular flexibility index (Phi) is 5.23. The molecule has 5 nitrogen and oxygen atoms in total. The van der Waals surface area contributed by atoms with E-state index in [0.29, 0.717) is 17.3 Å². The summed E-state index contributed by atoms with van der Waals surface area (Å²) in [6.45, 7) is 4.20. The van der Waals surface area contributed by atoms with E-state index in [4.69, 9.17) is 5.26 Å². The van der Waals surface area contributed by atoms with Crippen molar-refractivity contribution in [2.75, 3.05) is 10.6 Å². The summed E-state index contributed by atoms with van der Waals surface area (Å²) < 4.78 is 0. The van der Waals surface area contributed by atoms with Crippen molar-refractivity contribution >= 4 is 34.5 Å². The molecule has 0 spiro atoms. The highest BCUT2D eigenvalue weighted by Gasteiger charge is 2.09. The van der Waals surface area contributed by atoms with Crippen LogP contribution in [0.2, 0.25) is 0 Å². The largest absolute Gasteiger partial charge is 0.340 e. The molecule has 0 aliphatic heterocycles. The average Bonchev–Trinajstić information content (AvgIpc) is 3.26. The van der Waals surface area contributed by atoms with E-state index in [-0.39, 0.29) is 0 Å². The number of hydrogen-bond donors (Lipinski definition) is 2. The van der Waals surface area contributed by atoms with Crippen LogP contribution in [0.1, 0.15) is 16.7 Å². The third-order valence-corrected chi connectivity index (χ3v) is 5.25. The maximum absolute atomic E-state index is 8.91. The summed E-state index contributed by atoms with van der Waals surface area (Å²) in [6, 6.07) is 17.6. The predicted octanol–water partition coefficient (Wildman–Crippen LogP) is 6.18. The average molecular weight is 398 g/mol. The summed E-state index contributed by atoms with van der Waals surface area (Å²) in [5, 5.41) is 19.8. The van der Waals surface area contributed by atoms with Gasteiger partial charge in [-0.1, -0.05) is 0 Å². The van der Waals surface area contributed by atoms with Gasteiger partial charge in [-0.2, -0.15) is 21.6 Å². The molecule has 0 saturated carbocycles. The maximum Gasteiger partial charge on any atom is 0.229 e. The second kappa shape index (κ2) is 8.13. The molecule has 0 aliphatic carbocycles. The lowest BCUT2D eigenvalue weighted by Gasteiger charge is -2.15. The number of thiophene rings is 1. The molecule has 2 aromatic carbocycles. The summed E-state index contributed by atoms with van der Waals surface area (Å²) >= 11 is 1.70. The van der Waals surface area contributed by atoms with Crippen molar-refractivity contribution in [3.05, 3.63) is 82.2 Å². The molecule has 2 N–H and O–H groups in total. The molecule has 29 heavy (non-hydrogen) atoms. The normalized spacial score (nSPS) is 10.4. The third-order valence-electron chi connectivity index (χ3n) is 4.57. The number of aryl methyl sites for hydroxylation is 2. The number of anilines is 4. The van der Waals surface area contributed by atoms with Gasteiger partial charge in [0.1, 0.15) is 5.82 Å². The topological polar surface area (TPSA) is 73.6 Å². The van der Waals surface area contributed by atoms with E-state index in [0.717, 1.165) is 22.5 Å². The first kappa shape index (κ1) is 18.7. The number of nitrogens with one attached hydrogen (secondary N) is 2. The van der Waals surface area contributed by atoms with Crippen molar-refractivity contribution in [3.63, 3.8) is 0 Å². The molecular weight excluding hydrogens is 378 g/mol. The Labute approximate surface area is 173 Å². The van der Waals surface area contributed by atoms with Gasteiger partial charge in [0.2, 0.25) is 5.95 Å². The lowest BCUT2D eigenvalue weighted by Crippen LogP contribution is -2.02. The van der Waals surface area contributed by atoms with Crippen LogP contribution in [-0.4, -0.2) is 9.97 Å². The predicted molar refractivity (Wildman–Crippen MR) is 119 cm³/mol. The minimum atomic E-state index is 0.491. The first-order valence-electron chi connectivity index (χ1n) is 9.13. The molecule has 0 atom stereocenters. The molecule has 0 saturated heterocycles. The van der Waals surface area contributed by atoms with Gasteiger partial charge in [0.15, 0.2) is 0 Å². The van der Waals surface area contributed by atoms with Gasteiger partial charge in [0.05, 0.1) is 11.6 Å². The standard InChI is InChI=1S/C23H19N5S/c1-15-11-19(18-8-10-29-14-18)12-16(2)22(15)27-21-7-9-25-23(28-21)26-20-5-3-17(13-24)4-6-20/h3-12,14H,1-2H3,(H2,25,26,27,28). The molecule has 0 aliphatic rings. The highest BCUT2D eigenvalue weighted by atomic mass is 32.1. The lowest BCUT2D eigenvalue weighted by molar-refractivity contribution is 1.16. The molecule has 0 radical (unpaired) electrons. The highest BCUT2D eigenvalue weighted by Crippen LogP contribution is 2.31.